The Morgan fingerprint density at radius 2 is 1.87 bits per heavy atom. The highest BCUT2D eigenvalue weighted by Gasteiger charge is 2.25. The lowest BCUT2D eigenvalue weighted by Crippen LogP contribution is -2.20. The summed E-state index contributed by atoms with van der Waals surface area (Å²) in [6.07, 6.45) is -0.208. The van der Waals surface area contributed by atoms with E-state index in [0.717, 1.165) is 0 Å². The number of hydrogen-bond donors (Lipinski definition) is 4. The van der Waals surface area contributed by atoms with Crippen molar-refractivity contribution in [1.29, 1.82) is 0 Å². The van der Waals surface area contributed by atoms with Crippen LogP contribution in [0.25, 0.3) is 0 Å². The number of phenolic OH excluding ortho intramolecular Hbond substituents is 2. The molecule has 1 aromatic carbocycles. The van der Waals surface area contributed by atoms with E-state index >= 15 is 0 Å². The van der Waals surface area contributed by atoms with E-state index in [1.54, 1.807) is 6.92 Å². The molecule has 7 nitrogen and oxygen atoms in total. The van der Waals surface area contributed by atoms with Gasteiger partial charge in [-0.2, -0.15) is 0 Å². The monoisotopic (exact) mass is 319 g/mol. The predicted octanol–water partition coefficient (Wildman–Crippen LogP) is 1.50. The highest BCUT2D eigenvalue weighted by molar-refractivity contribution is 5.71. The summed E-state index contributed by atoms with van der Waals surface area (Å²) in [5.41, 5.74) is 0.312. The van der Waals surface area contributed by atoms with Gasteiger partial charge in [0.25, 0.3) is 5.56 Å². The number of H-pyrrole nitrogens is 1. The molecule has 2 aromatic rings. The zero-order valence-corrected chi connectivity index (χ0v) is 12.7. The van der Waals surface area contributed by atoms with E-state index < -0.39 is 17.4 Å². The maximum Gasteiger partial charge on any atom is 0.306 e. The number of aromatic nitrogens is 1. The summed E-state index contributed by atoms with van der Waals surface area (Å²) in [4.78, 5) is 26.5. The van der Waals surface area contributed by atoms with Gasteiger partial charge < -0.3 is 25.0 Å². The van der Waals surface area contributed by atoms with Crippen LogP contribution < -0.4 is 5.56 Å². The standard InChI is InChI=1S/C16H17NO6/c1-8-5-13(20)15(16(22)17-8)10(7-14(21)23-2)9-3-4-11(18)12(19)6-9/h3-6,10,18-19H,7H2,1-2H3,(H2,17,20,22)/t10-/m1/s1. The van der Waals surface area contributed by atoms with Gasteiger partial charge in [0, 0.05) is 11.6 Å². The van der Waals surface area contributed by atoms with E-state index in [4.69, 9.17) is 0 Å². The first kappa shape index (κ1) is 16.4. The Labute approximate surface area is 131 Å². The van der Waals surface area contributed by atoms with Gasteiger partial charge in [-0.3, -0.25) is 9.59 Å². The Kier molecular flexibility index (Phi) is 4.59. The normalized spacial score (nSPS) is 11.9. The van der Waals surface area contributed by atoms with Gasteiger partial charge in [0.2, 0.25) is 0 Å². The van der Waals surface area contributed by atoms with E-state index in [2.05, 4.69) is 9.72 Å². The van der Waals surface area contributed by atoms with Gasteiger partial charge in [-0.25, -0.2) is 0 Å². The summed E-state index contributed by atoms with van der Waals surface area (Å²) in [5, 5.41) is 29.2. The van der Waals surface area contributed by atoms with Crippen molar-refractivity contribution in [1.82, 2.24) is 4.98 Å². The number of rotatable bonds is 4. The summed E-state index contributed by atoms with van der Waals surface area (Å²) in [6, 6.07) is 5.32. The lowest BCUT2D eigenvalue weighted by molar-refractivity contribution is -0.140. The molecule has 0 radical (unpaired) electrons. The van der Waals surface area contributed by atoms with Gasteiger partial charge in [0.05, 0.1) is 19.1 Å². The van der Waals surface area contributed by atoms with Crippen molar-refractivity contribution >= 4 is 5.97 Å². The summed E-state index contributed by atoms with van der Waals surface area (Å²) >= 11 is 0. The molecule has 0 saturated carbocycles. The molecule has 1 aromatic heterocycles. The number of ether oxygens (including phenoxy) is 1. The van der Waals surface area contributed by atoms with Crippen LogP contribution in [0.4, 0.5) is 0 Å². The molecule has 0 aliphatic heterocycles. The fourth-order valence-corrected chi connectivity index (χ4v) is 2.41. The number of hydrogen-bond acceptors (Lipinski definition) is 6. The quantitative estimate of drug-likeness (QED) is 0.501. The molecule has 0 saturated heterocycles. The second-order valence-corrected chi connectivity index (χ2v) is 5.16. The van der Waals surface area contributed by atoms with Crippen LogP contribution in [0.2, 0.25) is 0 Å². The van der Waals surface area contributed by atoms with Gasteiger partial charge in [0.1, 0.15) is 5.75 Å². The van der Waals surface area contributed by atoms with Crippen molar-refractivity contribution in [3.05, 3.63) is 51.4 Å². The highest BCUT2D eigenvalue weighted by atomic mass is 16.5. The zero-order valence-electron chi connectivity index (χ0n) is 12.7. The smallest absolute Gasteiger partial charge is 0.306 e. The average Bonchev–Trinajstić information content (AvgIpc) is 2.47. The van der Waals surface area contributed by atoms with Crippen molar-refractivity contribution in [2.24, 2.45) is 0 Å². The van der Waals surface area contributed by atoms with Crippen molar-refractivity contribution < 1.29 is 24.9 Å². The molecule has 0 bridgehead atoms. The first-order chi connectivity index (χ1) is 10.8. The van der Waals surface area contributed by atoms with E-state index in [9.17, 15) is 24.9 Å². The zero-order chi connectivity index (χ0) is 17.1. The van der Waals surface area contributed by atoms with Gasteiger partial charge >= 0.3 is 5.97 Å². The number of aromatic hydroxyl groups is 3. The first-order valence-electron chi connectivity index (χ1n) is 6.85. The molecule has 7 heteroatoms. The van der Waals surface area contributed by atoms with Crippen molar-refractivity contribution in [2.45, 2.75) is 19.3 Å². The number of nitrogens with one attached hydrogen (secondary N) is 1. The van der Waals surface area contributed by atoms with Crippen LogP contribution >= 0.6 is 0 Å². The summed E-state index contributed by atoms with van der Waals surface area (Å²) in [5.74, 6) is -2.39. The summed E-state index contributed by atoms with van der Waals surface area (Å²) < 4.78 is 4.64. The number of benzene rings is 1. The molecular weight excluding hydrogens is 302 g/mol. The number of esters is 1. The largest absolute Gasteiger partial charge is 0.507 e. The molecule has 122 valence electrons. The Morgan fingerprint density at radius 1 is 1.17 bits per heavy atom. The summed E-state index contributed by atoms with van der Waals surface area (Å²) in [7, 11) is 1.22. The Hall–Kier alpha value is -2.96. The minimum absolute atomic E-state index is 0.00825. The van der Waals surface area contributed by atoms with Gasteiger partial charge in [-0.1, -0.05) is 6.07 Å². The average molecular weight is 319 g/mol. The minimum Gasteiger partial charge on any atom is -0.507 e. The molecule has 0 fully saturated rings. The van der Waals surface area contributed by atoms with Crippen LogP contribution in [0.15, 0.2) is 29.1 Å². The lowest BCUT2D eigenvalue weighted by atomic mass is 9.88. The van der Waals surface area contributed by atoms with Crippen molar-refractivity contribution in [2.75, 3.05) is 7.11 Å². The van der Waals surface area contributed by atoms with E-state index in [0.29, 0.717) is 11.3 Å². The number of aromatic amines is 1. The summed E-state index contributed by atoms with van der Waals surface area (Å²) in [6.45, 7) is 1.62. The van der Waals surface area contributed by atoms with Crippen LogP contribution in [0.5, 0.6) is 17.2 Å². The number of methoxy groups -OCH3 is 1. The maximum atomic E-state index is 12.2. The molecule has 1 heterocycles. The first-order valence-corrected chi connectivity index (χ1v) is 6.85. The van der Waals surface area contributed by atoms with Crippen molar-refractivity contribution in [3.8, 4) is 17.2 Å². The van der Waals surface area contributed by atoms with Crippen LogP contribution in [0, 0.1) is 6.92 Å². The second-order valence-electron chi connectivity index (χ2n) is 5.16. The van der Waals surface area contributed by atoms with Gasteiger partial charge in [-0.15, -0.1) is 0 Å². The third-order valence-corrected chi connectivity index (χ3v) is 3.53. The molecule has 2 rings (SSSR count). The topological polar surface area (TPSA) is 120 Å². The van der Waals surface area contributed by atoms with Crippen LogP contribution in [0.1, 0.15) is 29.2 Å². The minimum atomic E-state index is -0.835. The molecule has 1 atom stereocenters. The van der Waals surface area contributed by atoms with Crippen LogP contribution in [-0.4, -0.2) is 33.4 Å². The molecular formula is C16H17NO6. The Bertz CT molecular complexity index is 796. The van der Waals surface area contributed by atoms with E-state index in [-0.39, 0.29) is 29.2 Å². The molecule has 0 amide bonds. The lowest BCUT2D eigenvalue weighted by Gasteiger charge is -2.18. The highest BCUT2D eigenvalue weighted by Crippen LogP contribution is 2.35. The molecule has 23 heavy (non-hydrogen) atoms. The molecule has 0 unspecified atom stereocenters. The van der Waals surface area contributed by atoms with Crippen LogP contribution in [0.3, 0.4) is 0 Å². The third kappa shape index (κ3) is 3.45. The Balaban J connectivity index is 2.61. The van der Waals surface area contributed by atoms with Crippen LogP contribution in [-0.2, 0) is 9.53 Å². The van der Waals surface area contributed by atoms with Gasteiger partial charge in [0.15, 0.2) is 11.5 Å². The second kappa shape index (κ2) is 6.43. The van der Waals surface area contributed by atoms with Gasteiger partial charge in [-0.05, 0) is 30.7 Å². The maximum absolute atomic E-state index is 12.2. The molecule has 0 aliphatic carbocycles. The number of phenols is 2. The third-order valence-electron chi connectivity index (χ3n) is 3.53. The number of pyridine rings is 1. The number of carbonyl (C=O) groups excluding carboxylic acids is 1. The van der Waals surface area contributed by atoms with Crippen molar-refractivity contribution in [3.63, 3.8) is 0 Å². The predicted molar refractivity (Wildman–Crippen MR) is 81.7 cm³/mol. The number of carbonyl (C=O) groups is 1. The number of aryl methyl sites for hydroxylation is 1. The van der Waals surface area contributed by atoms with E-state index in [1.807, 2.05) is 0 Å². The molecule has 0 aliphatic rings. The molecule has 0 spiro atoms. The molecule has 4 N–H and O–H groups in total. The fourth-order valence-electron chi connectivity index (χ4n) is 2.41. The Morgan fingerprint density at radius 3 is 2.43 bits per heavy atom. The van der Waals surface area contributed by atoms with E-state index in [1.165, 1.54) is 31.4 Å². The fraction of sp³-hybridized carbons (Fsp3) is 0.250. The SMILES string of the molecule is COC(=O)C[C@H](c1ccc(O)c(O)c1)c1c(O)cc(C)[nH]c1=O.